The molecule has 0 aliphatic rings. The first-order valence-electron chi connectivity index (χ1n) is 5.59. The Morgan fingerprint density at radius 3 is 2.58 bits per heavy atom. The van der Waals surface area contributed by atoms with Gasteiger partial charge in [0, 0.05) is 6.07 Å². The van der Waals surface area contributed by atoms with Gasteiger partial charge in [-0.25, -0.2) is 4.98 Å². The summed E-state index contributed by atoms with van der Waals surface area (Å²) >= 11 is 0. The van der Waals surface area contributed by atoms with E-state index in [1.165, 1.54) is 10.9 Å². The number of nitrogens with zero attached hydrogens (tertiary/aromatic N) is 2. The smallest absolute Gasteiger partial charge is 0.267 e. The molecule has 0 saturated carbocycles. The molecule has 0 atom stereocenters. The van der Waals surface area contributed by atoms with Gasteiger partial charge in [0.2, 0.25) is 0 Å². The Bertz CT molecular complexity index is 647. The summed E-state index contributed by atoms with van der Waals surface area (Å²) < 4.78 is 6.45. The summed E-state index contributed by atoms with van der Waals surface area (Å²) in [6.45, 7) is 0.370. The minimum atomic E-state index is -0.714. The van der Waals surface area contributed by atoms with E-state index in [0.717, 1.165) is 17.4 Å². The first kappa shape index (κ1) is 12.8. The van der Waals surface area contributed by atoms with Crippen molar-refractivity contribution in [1.29, 1.82) is 0 Å². The Balaban J connectivity index is 2.23. The molecule has 0 aliphatic heterocycles. The number of methoxy groups -OCH3 is 1. The molecule has 0 fully saturated rings. The van der Waals surface area contributed by atoms with E-state index in [1.54, 1.807) is 7.11 Å². The van der Waals surface area contributed by atoms with Gasteiger partial charge in [-0.2, -0.15) is 0 Å². The van der Waals surface area contributed by atoms with Crippen molar-refractivity contribution in [2.75, 3.05) is 7.11 Å². The Morgan fingerprint density at radius 1 is 1.37 bits per heavy atom. The molecule has 98 valence electrons. The fourth-order valence-electron chi connectivity index (χ4n) is 1.61. The maximum atomic E-state index is 11.8. The normalized spacial score (nSPS) is 10.2. The average Bonchev–Trinajstić information content (AvgIpc) is 2.41. The summed E-state index contributed by atoms with van der Waals surface area (Å²) in [5, 5.41) is 0. The van der Waals surface area contributed by atoms with E-state index >= 15 is 0 Å². The van der Waals surface area contributed by atoms with Crippen LogP contribution in [0.1, 0.15) is 16.1 Å². The van der Waals surface area contributed by atoms with E-state index in [-0.39, 0.29) is 11.3 Å². The number of amides is 1. The van der Waals surface area contributed by atoms with Crippen LogP contribution in [0.5, 0.6) is 5.75 Å². The molecule has 2 N–H and O–H groups in total. The molecule has 0 saturated heterocycles. The van der Waals surface area contributed by atoms with E-state index < -0.39 is 5.91 Å². The van der Waals surface area contributed by atoms with Crippen LogP contribution in [0, 0.1) is 0 Å². The quantitative estimate of drug-likeness (QED) is 0.860. The molecular formula is C13H13N3O3. The number of primary amides is 1. The van der Waals surface area contributed by atoms with Crippen molar-refractivity contribution < 1.29 is 9.53 Å². The van der Waals surface area contributed by atoms with Crippen LogP contribution in [0.2, 0.25) is 0 Å². The first-order chi connectivity index (χ1) is 9.10. The molecule has 0 unspecified atom stereocenters. The molecule has 2 rings (SSSR count). The zero-order valence-electron chi connectivity index (χ0n) is 10.4. The van der Waals surface area contributed by atoms with Gasteiger partial charge in [-0.15, -0.1) is 0 Å². The Kier molecular flexibility index (Phi) is 3.61. The minimum Gasteiger partial charge on any atom is -0.497 e. The van der Waals surface area contributed by atoms with Gasteiger partial charge in [0.05, 0.1) is 20.0 Å². The van der Waals surface area contributed by atoms with Crippen LogP contribution in [0.4, 0.5) is 0 Å². The zero-order chi connectivity index (χ0) is 13.8. The SMILES string of the molecule is COc1ccc(Cn2cnc(C(N)=O)cc2=O)cc1. The maximum Gasteiger partial charge on any atom is 0.267 e. The van der Waals surface area contributed by atoms with Crippen LogP contribution in [0.25, 0.3) is 0 Å². The molecule has 0 aliphatic carbocycles. The molecule has 1 aromatic heterocycles. The van der Waals surface area contributed by atoms with E-state index in [4.69, 9.17) is 10.5 Å². The van der Waals surface area contributed by atoms with Crippen LogP contribution in [0.3, 0.4) is 0 Å². The monoisotopic (exact) mass is 259 g/mol. The summed E-state index contributed by atoms with van der Waals surface area (Å²) in [6.07, 6.45) is 1.31. The standard InChI is InChI=1S/C13H13N3O3/c1-19-10-4-2-9(3-5-10)7-16-8-15-11(13(14)18)6-12(16)17/h2-6,8H,7H2,1H3,(H2,14,18). The van der Waals surface area contributed by atoms with Crippen molar-refractivity contribution in [2.24, 2.45) is 5.73 Å². The molecule has 1 heterocycles. The second-order valence-electron chi connectivity index (χ2n) is 3.95. The second-order valence-corrected chi connectivity index (χ2v) is 3.95. The molecule has 2 aromatic rings. The third-order valence-corrected chi connectivity index (χ3v) is 2.64. The van der Waals surface area contributed by atoms with E-state index in [1.807, 2.05) is 24.3 Å². The third-order valence-electron chi connectivity index (χ3n) is 2.64. The van der Waals surface area contributed by atoms with E-state index in [0.29, 0.717) is 6.54 Å². The Morgan fingerprint density at radius 2 is 2.05 bits per heavy atom. The van der Waals surface area contributed by atoms with E-state index in [9.17, 15) is 9.59 Å². The van der Waals surface area contributed by atoms with Crippen LogP contribution in [0.15, 0.2) is 41.5 Å². The summed E-state index contributed by atoms with van der Waals surface area (Å²) in [6, 6.07) is 8.46. The number of rotatable bonds is 4. The van der Waals surface area contributed by atoms with Crippen molar-refractivity contribution >= 4 is 5.91 Å². The molecule has 6 nitrogen and oxygen atoms in total. The number of aromatic nitrogens is 2. The molecule has 19 heavy (non-hydrogen) atoms. The number of ether oxygens (including phenoxy) is 1. The number of carbonyl (C=O) groups excluding carboxylic acids is 1. The zero-order valence-corrected chi connectivity index (χ0v) is 10.4. The van der Waals surface area contributed by atoms with Gasteiger partial charge in [-0.05, 0) is 17.7 Å². The summed E-state index contributed by atoms with van der Waals surface area (Å²) in [5.41, 5.74) is 5.63. The van der Waals surface area contributed by atoms with Gasteiger partial charge < -0.3 is 10.5 Å². The maximum absolute atomic E-state index is 11.8. The fourth-order valence-corrected chi connectivity index (χ4v) is 1.61. The molecule has 6 heteroatoms. The van der Waals surface area contributed by atoms with Gasteiger partial charge >= 0.3 is 0 Å². The van der Waals surface area contributed by atoms with Crippen LogP contribution in [-0.4, -0.2) is 22.6 Å². The van der Waals surface area contributed by atoms with Gasteiger partial charge in [0.25, 0.3) is 11.5 Å². The second kappa shape index (κ2) is 5.34. The molecule has 0 radical (unpaired) electrons. The van der Waals surface area contributed by atoms with Crippen LogP contribution in [-0.2, 0) is 6.54 Å². The minimum absolute atomic E-state index is 0.0315. The van der Waals surface area contributed by atoms with Gasteiger partial charge in [0.15, 0.2) is 0 Å². The topological polar surface area (TPSA) is 87.2 Å². The van der Waals surface area contributed by atoms with Crippen molar-refractivity contribution in [3.63, 3.8) is 0 Å². The lowest BCUT2D eigenvalue weighted by atomic mass is 10.2. The molecule has 1 aromatic carbocycles. The highest BCUT2D eigenvalue weighted by Crippen LogP contribution is 2.11. The number of hydrogen-bond donors (Lipinski definition) is 1. The highest BCUT2D eigenvalue weighted by Gasteiger charge is 2.05. The predicted molar refractivity (Wildman–Crippen MR) is 69.1 cm³/mol. The van der Waals surface area contributed by atoms with E-state index in [2.05, 4.69) is 4.98 Å². The molecule has 0 spiro atoms. The van der Waals surface area contributed by atoms with Crippen molar-refractivity contribution in [3.8, 4) is 5.75 Å². The van der Waals surface area contributed by atoms with Gasteiger partial charge in [-0.1, -0.05) is 12.1 Å². The average molecular weight is 259 g/mol. The Labute approximate surface area is 109 Å². The number of benzene rings is 1. The molecular weight excluding hydrogens is 246 g/mol. The van der Waals surface area contributed by atoms with Crippen LogP contribution >= 0.6 is 0 Å². The Hall–Kier alpha value is -2.63. The van der Waals surface area contributed by atoms with Crippen LogP contribution < -0.4 is 16.0 Å². The van der Waals surface area contributed by atoms with Crippen molar-refractivity contribution in [1.82, 2.24) is 9.55 Å². The summed E-state index contributed by atoms with van der Waals surface area (Å²) in [7, 11) is 1.59. The summed E-state index contributed by atoms with van der Waals surface area (Å²) in [4.78, 5) is 26.5. The largest absolute Gasteiger partial charge is 0.497 e. The number of nitrogens with two attached hydrogens (primary N) is 1. The van der Waals surface area contributed by atoms with Crippen molar-refractivity contribution in [2.45, 2.75) is 6.54 Å². The molecule has 0 bridgehead atoms. The predicted octanol–water partition coefficient (Wildman–Crippen LogP) is 0.399. The van der Waals surface area contributed by atoms with Gasteiger partial charge in [0.1, 0.15) is 11.4 Å². The number of carbonyl (C=O) groups is 1. The summed E-state index contributed by atoms with van der Waals surface area (Å²) in [5.74, 6) is 0.0343. The first-order valence-corrected chi connectivity index (χ1v) is 5.59. The highest BCUT2D eigenvalue weighted by atomic mass is 16.5. The lowest BCUT2D eigenvalue weighted by Gasteiger charge is -2.06. The molecule has 1 amide bonds. The lowest BCUT2D eigenvalue weighted by molar-refractivity contribution is 0.0995. The third kappa shape index (κ3) is 2.98. The van der Waals surface area contributed by atoms with Gasteiger partial charge in [-0.3, -0.25) is 14.2 Å². The van der Waals surface area contributed by atoms with Crippen molar-refractivity contribution in [3.05, 3.63) is 58.3 Å². The fraction of sp³-hybridized carbons (Fsp3) is 0.154. The number of hydrogen-bond acceptors (Lipinski definition) is 4. The highest BCUT2D eigenvalue weighted by molar-refractivity contribution is 5.90. The lowest BCUT2D eigenvalue weighted by Crippen LogP contribution is -2.24.